The van der Waals surface area contributed by atoms with Crippen molar-refractivity contribution < 1.29 is 18.4 Å². The first-order valence-corrected chi connectivity index (χ1v) is 8.66. The summed E-state index contributed by atoms with van der Waals surface area (Å²) in [5.41, 5.74) is 0.504. The molecule has 0 aliphatic carbocycles. The second-order valence-electron chi connectivity index (χ2n) is 4.65. The van der Waals surface area contributed by atoms with Crippen LogP contribution >= 0.6 is 46.0 Å². The monoisotopic (exact) mass is 463 g/mol. The fourth-order valence-corrected chi connectivity index (χ4v) is 3.47. The third-order valence-corrected chi connectivity index (χ3v) is 4.92. The second-order valence-corrected chi connectivity index (χ2v) is 7.11. The molecule has 1 aromatic carbocycles. The molecule has 1 fully saturated rings. The molecule has 3 rings (SSSR count). The van der Waals surface area contributed by atoms with Gasteiger partial charge in [-0.3, -0.25) is 14.5 Å². The number of thioether (sulfide) groups is 1. The van der Waals surface area contributed by atoms with Gasteiger partial charge in [-0.05, 0) is 64.2 Å². The van der Waals surface area contributed by atoms with Crippen molar-refractivity contribution in [1.82, 2.24) is 4.90 Å². The van der Waals surface area contributed by atoms with Crippen LogP contribution in [0.3, 0.4) is 0 Å². The Balaban J connectivity index is 1.82. The molecule has 0 spiro atoms. The van der Waals surface area contributed by atoms with E-state index in [4.69, 9.17) is 16.0 Å². The minimum Gasteiger partial charge on any atom is -0.451 e. The lowest BCUT2D eigenvalue weighted by Gasteiger charge is -2.13. The van der Waals surface area contributed by atoms with E-state index in [0.717, 1.165) is 22.7 Å². The van der Waals surface area contributed by atoms with Gasteiger partial charge in [-0.2, -0.15) is 0 Å². The van der Waals surface area contributed by atoms with E-state index >= 15 is 0 Å². The highest BCUT2D eigenvalue weighted by Gasteiger charge is 2.35. The highest BCUT2D eigenvalue weighted by atomic mass is 127. The lowest BCUT2D eigenvalue weighted by atomic mass is 10.2. The van der Waals surface area contributed by atoms with Crippen molar-refractivity contribution in [3.8, 4) is 0 Å². The van der Waals surface area contributed by atoms with Crippen LogP contribution in [0.4, 0.5) is 9.18 Å². The van der Waals surface area contributed by atoms with Gasteiger partial charge in [0.25, 0.3) is 11.1 Å². The topological polar surface area (TPSA) is 50.5 Å². The Morgan fingerprint density at radius 2 is 2.09 bits per heavy atom. The highest BCUT2D eigenvalue weighted by molar-refractivity contribution is 14.1. The Kier molecular flexibility index (Phi) is 4.79. The molecule has 0 unspecified atom stereocenters. The predicted molar refractivity (Wildman–Crippen MR) is 94.3 cm³/mol. The van der Waals surface area contributed by atoms with Crippen molar-refractivity contribution >= 4 is 63.2 Å². The number of imide groups is 1. The molecule has 23 heavy (non-hydrogen) atoms. The normalized spacial score (nSPS) is 16.7. The van der Waals surface area contributed by atoms with E-state index in [2.05, 4.69) is 0 Å². The van der Waals surface area contributed by atoms with Crippen LogP contribution in [-0.4, -0.2) is 16.0 Å². The zero-order valence-electron chi connectivity index (χ0n) is 11.4. The quantitative estimate of drug-likeness (QED) is 0.479. The van der Waals surface area contributed by atoms with Crippen LogP contribution in [-0.2, 0) is 11.3 Å². The maximum Gasteiger partial charge on any atom is 0.293 e. The summed E-state index contributed by atoms with van der Waals surface area (Å²) < 4.78 is 19.1. The molecule has 2 aromatic rings. The third kappa shape index (κ3) is 3.61. The van der Waals surface area contributed by atoms with E-state index in [-0.39, 0.29) is 16.5 Å². The van der Waals surface area contributed by atoms with Crippen LogP contribution in [0.5, 0.6) is 0 Å². The number of hydrogen-bond acceptors (Lipinski definition) is 4. The molecule has 8 heteroatoms. The van der Waals surface area contributed by atoms with Gasteiger partial charge >= 0.3 is 0 Å². The van der Waals surface area contributed by atoms with E-state index in [0.29, 0.717) is 15.1 Å². The fourth-order valence-electron chi connectivity index (χ4n) is 1.99. The Hall–Kier alpha value is -1.32. The van der Waals surface area contributed by atoms with Gasteiger partial charge in [0, 0.05) is 11.1 Å². The number of rotatable bonds is 3. The molecule has 1 aliphatic rings. The number of amides is 2. The molecule has 1 saturated heterocycles. The van der Waals surface area contributed by atoms with Crippen molar-refractivity contribution in [2.75, 3.05) is 0 Å². The summed E-state index contributed by atoms with van der Waals surface area (Å²) in [5.74, 6) is -0.397. The number of hydrogen-bond donors (Lipinski definition) is 0. The number of carbonyl (C=O) groups is 2. The van der Waals surface area contributed by atoms with Gasteiger partial charge in [0.05, 0.1) is 11.4 Å². The van der Waals surface area contributed by atoms with Crippen LogP contribution in [0, 0.1) is 9.58 Å². The molecule has 118 valence electrons. The SMILES string of the molecule is O=C1SC(=Cc2ccc(I)o2)C(=O)N1Cc1ccc(F)cc1Cl. The van der Waals surface area contributed by atoms with Crippen LogP contribution in [0.2, 0.25) is 5.02 Å². The molecule has 0 bridgehead atoms. The maximum atomic E-state index is 13.1. The highest BCUT2D eigenvalue weighted by Crippen LogP contribution is 2.34. The van der Waals surface area contributed by atoms with Gasteiger partial charge in [0.1, 0.15) is 11.6 Å². The van der Waals surface area contributed by atoms with Crippen molar-refractivity contribution in [2.24, 2.45) is 0 Å². The van der Waals surface area contributed by atoms with E-state index in [1.165, 1.54) is 18.2 Å². The molecule has 0 saturated carbocycles. The number of halogens is 3. The molecular weight excluding hydrogens is 456 g/mol. The second kappa shape index (κ2) is 6.66. The number of carbonyl (C=O) groups excluding carboxylic acids is 2. The summed E-state index contributed by atoms with van der Waals surface area (Å²) in [6.45, 7) is -0.00317. The van der Waals surface area contributed by atoms with Crippen molar-refractivity contribution in [1.29, 1.82) is 0 Å². The van der Waals surface area contributed by atoms with Crippen LogP contribution in [0.1, 0.15) is 11.3 Å². The van der Waals surface area contributed by atoms with Crippen LogP contribution in [0.15, 0.2) is 39.7 Å². The van der Waals surface area contributed by atoms with E-state index in [9.17, 15) is 14.0 Å². The molecule has 2 amide bonds. The summed E-state index contributed by atoms with van der Waals surface area (Å²) in [5, 5.41) is -0.225. The third-order valence-electron chi connectivity index (χ3n) is 3.08. The van der Waals surface area contributed by atoms with E-state index in [1.807, 2.05) is 22.6 Å². The Morgan fingerprint density at radius 1 is 1.30 bits per heavy atom. The first-order chi connectivity index (χ1) is 10.9. The number of furan rings is 1. The summed E-state index contributed by atoms with van der Waals surface area (Å²) in [6, 6.07) is 7.32. The Bertz CT molecular complexity index is 836. The summed E-state index contributed by atoms with van der Waals surface area (Å²) >= 11 is 8.79. The van der Waals surface area contributed by atoms with Gasteiger partial charge in [0.2, 0.25) is 0 Å². The Labute approximate surface area is 153 Å². The zero-order valence-corrected chi connectivity index (χ0v) is 15.1. The Morgan fingerprint density at radius 3 is 2.74 bits per heavy atom. The summed E-state index contributed by atoms with van der Waals surface area (Å²) in [6.07, 6.45) is 1.53. The average molecular weight is 464 g/mol. The van der Waals surface area contributed by atoms with Crippen LogP contribution < -0.4 is 0 Å². The fraction of sp³-hybridized carbons (Fsp3) is 0.0667. The first-order valence-electron chi connectivity index (χ1n) is 6.38. The molecule has 2 heterocycles. The average Bonchev–Trinajstić information content (AvgIpc) is 3.00. The standard InChI is InChI=1S/C15H8ClFINO3S/c16-11-5-9(17)2-1-8(11)7-19-14(20)12(23-15(19)21)6-10-3-4-13(18)22-10/h1-6H,7H2. The lowest BCUT2D eigenvalue weighted by Crippen LogP contribution is -2.27. The summed E-state index contributed by atoms with van der Waals surface area (Å²) in [7, 11) is 0. The van der Waals surface area contributed by atoms with Crippen molar-refractivity contribution in [2.45, 2.75) is 6.54 Å². The van der Waals surface area contributed by atoms with Crippen LogP contribution in [0.25, 0.3) is 6.08 Å². The van der Waals surface area contributed by atoms with E-state index in [1.54, 1.807) is 12.1 Å². The molecule has 4 nitrogen and oxygen atoms in total. The molecular formula is C15H8ClFINO3S. The van der Waals surface area contributed by atoms with Gasteiger partial charge in [-0.1, -0.05) is 17.7 Å². The number of benzene rings is 1. The van der Waals surface area contributed by atoms with Crippen molar-refractivity contribution in [3.05, 3.63) is 61.2 Å². The van der Waals surface area contributed by atoms with Gasteiger partial charge in [0.15, 0.2) is 3.77 Å². The predicted octanol–water partition coefficient (Wildman–Crippen LogP) is 4.91. The first kappa shape index (κ1) is 16.5. The van der Waals surface area contributed by atoms with Crippen molar-refractivity contribution in [3.63, 3.8) is 0 Å². The number of nitrogens with zero attached hydrogens (tertiary/aromatic N) is 1. The van der Waals surface area contributed by atoms with Gasteiger partial charge < -0.3 is 4.42 Å². The maximum absolute atomic E-state index is 13.1. The zero-order chi connectivity index (χ0) is 16.6. The van der Waals surface area contributed by atoms with Gasteiger partial charge in [-0.25, -0.2) is 4.39 Å². The smallest absolute Gasteiger partial charge is 0.293 e. The molecule has 1 aliphatic heterocycles. The summed E-state index contributed by atoms with van der Waals surface area (Å²) in [4.78, 5) is 25.8. The minimum atomic E-state index is -0.472. The van der Waals surface area contributed by atoms with E-state index < -0.39 is 17.0 Å². The molecule has 0 atom stereocenters. The lowest BCUT2D eigenvalue weighted by molar-refractivity contribution is -0.123. The minimum absolute atomic E-state index is 0.00317. The molecule has 0 N–H and O–H groups in total. The molecule has 1 aromatic heterocycles. The largest absolute Gasteiger partial charge is 0.451 e. The molecule has 0 radical (unpaired) electrons. The van der Waals surface area contributed by atoms with Gasteiger partial charge in [-0.15, -0.1) is 0 Å².